The van der Waals surface area contributed by atoms with Gasteiger partial charge in [-0.25, -0.2) is 4.98 Å². The van der Waals surface area contributed by atoms with Gasteiger partial charge in [0.25, 0.3) is 0 Å². The highest BCUT2D eigenvalue weighted by atomic mass is 79.9. The van der Waals surface area contributed by atoms with E-state index in [0.717, 1.165) is 19.4 Å². The summed E-state index contributed by atoms with van der Waals surface area (Å²) in [4.78, 5) is 18.2. The lowest BCUT2D eigenvalue weighted by Gasteiger charge is -2.43. The molecule has 18 heavy (non-hydrogen) atoms. The van der Waals surface area contributed by atoms with Crippen LogP contribution in [0, 0.1) is 0 Å². The topological polar surface area (TPSA) is 85.2 Å². The molecule has 0 spiro atoms. The average Bonchev–Trinajstić information content (AvgIpc) is 2.30. The van der Waals surface area contributed by atoms with Crippen LogP contribution in [0.4, 0.5) is 5.82 Å². The molecule has 2 heterocycles. The van der Waals surface area contributed by atoms with Crippen LogP contribution in [-0.4, -0.2) is 29.4 Å². The van der Waals surface area contributed by atoms with Gasteiger partial charge in [-0.15, -0.1) is 0 Å². The van der Waals surface area contributed by atoms with Crippen molar-refractivity contribution in [3.05, 3.63) is 22.3 Å². The van der Waals surface area contributed by atoms with Crippen molar-refractivity contribution in [2.24, 2.45) is 5.73 Å². The van der Waals surface area contributed by atoms with Gasteiger partial charge >= 0.3 is 0 Å². The molecular formula is C12H17BrN4O. The first-order valence-electron chi connectivity index (χ1n) is 5.92. The predicted octanol–water partition coefficient (Wildman–Crippen LogP) is 1.22. The highest BCUT2D eigenvalue weighted by Gasteiger charge is 2.45. The Morgan fingerprint density at radius 2 is 2.22 bits per heavy atom. The predicted molar refractivity (Wildman–Crippen MR) is 73.7 cm³/mol. The summed E-state index contributed by atoms with van der Waals surface area (Å²) in [6.07, 6.45) is 2.71. The summed E-state index contributed by atoms with van der Waals surface area (Å²) in [5.74, 6) is -0.00236. The van der Waals surface area contributed by atoms with E-state index >= 15 is 0 Å². The van der Waals surface area contributed by atoms with Crippen LogP contribution in [0.15, 0.2) is 16.7 Å². The summed E-state index contributed by atoms with van der Waals surface area (Å²) in [6.45, 7) is 0.832. The van der Waals surface area contributed by atoms with Gasteiger partial charge in [-0.05, 0) is 54.9 Å². The van der Waals surface area contributed by atoms with Gasteiger partial charge in [0.05, 0.1) is 0 Å². The minimum Gasteiger partial charge on any atom is -0.383 e. The monoisotopic (exact) mass is 312 g/mol. The largest absolute Gasteiger partial charge is 0.383 e. The summed E-state index contributed by atoms with van der Waals surface area (Å²) in [5.41, 5.74) is 11.5. The maximum Gasteiger partial charge on any atom is 0.242 e. The fourth-order valence-corrected chi connectivity index (χ4v) is 3.02. The second-order valence-electron chi connectivity index (χ2n) is 4.67. The smallest absolute Gasteiger partial charge is 0.242 e. The maximum atomic E-state index is 12.0. The van der Waals surface area contributed by atoms with E-state index in [0.29, 0.717) is 22.4 Å². The third kappa shape index (κ3) is 1.99. The quantitative estimate of drug-likeness (QED) is 0.804. The fourth-order valence-electron chi connectivity index (χ4n) is 2.70. The zero-order chi connectivity index (χ0) is 13.3. The average molecular weight is 313 g/mol. The van der Waals surface area contributed by atoms with Crippen LogP contribution in [0.1, 0.15) is 24.8 Å². The van der Waals surface area contributed by atoms with Gasteiger partial charge in [-0.1, -0.05) is 6.07 Å². The van der Waals surface area contributed by atoms with Crippen LogP contribution in [0.3, 0.4) is 0 Å². The number of aromatic nitrogens is 1. The van der Waals surface area contributed by atoms with E-state index in [-0.39, 0.29) is 5.91 Å². The Bertz CT molecular complexity index is 479. The molecule has 2 rings (SSSR count). The maximum absolute atomic E-state index is 12.0. The minimum atomic E-state index is -0.823. The molecule has 1 fully saturated rings. The molecule has 1 aliphatic rings. The Balaban J connectivity index is 2.56. The van der Waals surface area contributed by atoms with Crippen molar-refractivity contribution in [3.8, 4) is 0 Å². The van der Waals surface area contributed by atoms with E-state index in [1.54, 1.807) is 6.07 Å². The van der Waals surface area contributed by atoms with Gasteiger partial charge in [0.15, 0.2) is 0 Å². The SMILES string of the molecule is CN1CCCCC1(C(N)=O)c1ccc(Br)nc1N. The summed E-state index contributed by atoms with van der Waals surface area (Å²) < 4.78 is 0.654. The zero-order valence-electron chi connectivity index (χ0n) is 10.3. The number of rotatable bonds is 2. The van der Waals surface area contributed by atoms with E-state index in [1.165, 1.54) is 0 Å². The van der Waals surface area contributed by atoms with E-state index in [1.807, 2.05) is 18.0 Å². The van der Waals surface area contributed by atoms with E-state index < -0.39 is 5.54 Å². The lowest BCUT2D eigenvalue weighted by Crippen LogP contribution is -2.56. The fraction of sp³-hybridized carbons (Fsp3) is 0.500. The molecule has 0 aromatic carbocycles. The van der Waals surface area contributed by atoms with Crippen LogP contribution in [0.2, 0.25) is 0 Å². The summed E-state index contributed by atoms with van der Waals surface area (Å²) in [7, 11) is 1.91. The number of likely N-dealkylation sites (N-methyl/N-ethyl adjacent to an activating group) is 1. The van der Waals surface area contributed by atoms with Crippen molar-refractivity contribution in [3.63, 3.8) is 0 Å². The molecule has 1 unspecified atom stereocenters. The molecule has 98 valence electrons. The first-order chi connectivity index (χ1) is 8.48. The molecule has 0 aliphatic carbocycles. The van der Waals surface area contributed by atoms with Gasteiger partial charge in [-0.2, -0.15) is 0 Å². The van der Waals surface area contributed by atoms with Crippen molar-refractivity contribution >= 4 is 27.7 Å². The van der Waals surface area contributed by atoms with Crippen LogP contribution in [0.5, 0.6) is 0 Å². The number of anilines is 1. The van der Waals surface area contributed by atoms with Crippen molar-refractivity contribution in [2.45, 2.75) is 24.8 Å². The number of nitrogens with two attached hydrogens (primary N) is 2. The molecule has 1 amide bonds. The Morgan fingerprint density at radius 1 is 1.50 bits per heavy atom. The highest BCUT2D eigenvalue weighted by Crippen LogP contribution is 2.39. The molecule has 1 aliphatic heterocycles. The van der Waals surface area contributed by atoms with Crippen LogP contribution in [-0.2, 0) is 10.3 Å². The van der Waals surface area contributed by atoms with E-state index in [4.69, 9.17) is 11.5 Å². The lowest BCUT2D eigenvalue weighted by molar-refractivity contribution is -0.132. The number of halogens is 1. The molecule has 0 bridgehead atoms. The van der Waals surface area contributed by atoms with E-state index in [9.17, 15) is 4.79 Å². The minimum absolute atomic E-state index is 0.358. The Kier molecular flexibility index (Phi) is 3.59. The molecule has 5 nitrogen and oxygen atoms in total. The van der Waals surface area contributed by atoms with Gasteiger partial charge in [-0.3, -0.25) is 9.69 Å². The number of nitrogen functional groups attached to an aromatic ring is 1. The zero-order valence-corrected chi connectivity index (χ0v) is 11.9. The number of nitrogens with zero attached hydrogens (tertiary/aromatic N) is 2. The first-order valence-corrected chi connectivity index (χ1v) is 6.71. The van der Waals surface area contributed by atoms with Crippen LogP contribution < -0.4 is 11.5 Å². The Hall–Kier alpha value is -1.14. The number of piperidine rings is 1. The Morgan fingerprint density at radius 3 is 2.78 bits per heavy atom. The van der Waals surface area contributed by atoms with Crippen molar-refractivity contribution in [1.82, 2.24) is 9.88 Å². The van der Waals surface area contributed by atoms with Gasteiger partial charge in [0.1, 0.15) is 16.0 Å². The molecule has 1 aromatic rings. The second-order valence-corrected chi connectivity index (χ2v) is 5.48. The standard InChI is InChI=1S/C12H17BrN4O/c1-17-7-3-2-6-12(17,11(15)18)8-4-5-9(13)16-10(8)14/h4-5H,2-3,6-7H2,1H3,(H2,14,16)(H2,15,18). The number of amides is 1. The third-order valence-corrected chi connectivity index (χ3v) is 4.12. The van der Waals surface area contributed by atoms with Crippen molar-refractivity contribution in [2.75, 3.05) is 19.3 Å². The summed E-state index contributed by atoms with van der Waals surface area (Å²) >= 11 is 3.27. The number of hydrogen-bond donors (Lipinski definition) is 2. The molecule has 4 N–H and O–H groups in total. The van der Waals surface area contributed by atoms with E-state index in [2.05, 4.69) is 20.9 Å². The molecule has 1 aromatic heterocycles. The third-order valence-electron chi connectivity index (χ3n) is 3.68. The molecule has 1 saturated heterocycles. The highest BCUT2D eigenvalue weighted by molar-refractivity contribution is 9.10. The molecule has 1 atom stereocenters. The van der Waals surface area contributed by atoms with Gasteiger partial charge < -0.3 is 11.5 Å². The normalized spacial score (nSPS) is 25.0. The Labute approximate surface area is 115 Å². The van der Waals surface area contributed by atoms with Crippen LogP contribution >= 0.6 is 15.9 Å². The number of carbonyl (C=O) groups excluding carboxylic acids is 1. The molecule has 6 heteroatoms. The summed E-state index contributed by atoms with van der Waals surface area (Å²) in [5, 5.41) is 0. The molecular weight excluding hydrogens is 296 g/mol. The molecule has 0 saturated carbocycles. The number of hydrogen-bond acceptors (Lipinski definition) is 4. The summed E-state index contributed by atoms with van der Waals surface area (Å²) in [6, 6.07) is 3.62. The number of primary amides is 1. The van der Waals surface area contributed by atoms with Crippen LogP contribution in [0.25, 0.3) is 0 Å². The van der Waals surface area contributed by atoms with Gasteiger partial charge in [0, 0.05) is 5.56 Å². The molecule has 0 radical (unpaired) electrons. The second kappa shape index (κ2) is 4.85. The van der Waals surface area contributed by atoms with Gasteiger partial charge in [0.2, 0.25) is 5.91 Å². The van der Waals surface area contributed by atoms with Crippen molar-refractivity contribution in [1.29, 1.82) is 0 Å². The number of likely N-dealkylation sites (tertiary alicyclic amines) is 1. The van der Waals surface area contributed by atoms with Crippen molar-refractivity contribution < 1.29 is 4.79 Å². The first kappa shape index (κ1) is 13.3. The lowest BCUT2D eigenvalue weighted by atomic mass is 9.80. The number of pyridine rings is 1. The number of carbonyl (C=O) groups is 1.